The number of hydrogen-bond acceptors (Lipinski definition) is 5. The fraction of sp³-hybridized carbons (Fsp3) is 0.643. The molecular formula is C14H22N4O2. The van der Waals surface area contributed by atoms with Gasteiger partial charge in [0.1, 0.15) is 0 Å². The lowest BCUT2D eigenvalue weighted by Crippen LogP contribution is -2.33. The van der Waals surface area contributed by atoms with E-state index < -0.39 is 0 Å². The molecule has 2 heterocycles. The van der Waals surface area contributed by atoms with Gasteiger partial charge in [-0.3, -0.25) is 14.8 Å². The molecule has 0 saturated carbocycles. The molecule has 0 aliphatic carbocycles. The van der Waals surface area contributed by atoms with Crippen LogP contribution in [0.4, 0.5) is 0 Å². The molecule has 1 fully saturated rings. The number of nitrogens with one attached hydrogen (secondary N) is 2. The maximum absolute atomic E-state index is 11.7. The summed E-state index contributed by atoms with van der Waals surface area (Å²) >= 11 is 0. The van der Waals surface area contributed by atoms with Crippen LogP contribution in [-0.4, -0.2) is 41.7 Å². The molecule has 0 unspecified atom stereocenters. The molecule has 20 heavy (non-hydrogen) atoms. The third-order valence-corrected chi connectivity index (χ3v) is 3.27. The summed E-state index contributed by atoms with van der Waals surface area (Å²) in [6.07, 6.45) is 6.12. The number of carbonyl (C=O) groups is 1. The van der Waals surface area contributed by atoms with Crippen LogP contribution in [0.1, 0.15) is 30.7 Å². The van der Waals surface area contributed by atoms with E-state index >= 15 is 0 Å². The molecule has 110 valence electrons. The lowest BCUT2D eigenvalue weighted by Gasteiger charge is -2.22. The average Bonchev–Trinajstić information content (AvgIpc) is 2.48. The van der Waals surface area contributed by atoms with E-state index in [1.54, 1.807) is 12.4 Å². The van der Waals surface area contributed by atoms with Gasteiger partial charge in [0.05, 0.1) is 36.8 Å². The van der Waals surface area contributed by atoms with Gasteiger partial charge in [-0.05, 0) is 32.9 Å². The third kappa shape index (κ3) is 5.22. The molecule has 1 aromatic heterocycles. The topological polar surface area (TPSA) is 76.1 Å². The standard InChI is InChI=1S/C14H22N4O2/c1-11-8-17-12(9-16-11)10-18-14(19)4-7-20-13-2-5-15-6-3-13/h8-9,13,15H,2-7,10H2,1H3,(H,18,19). The van der Waals surface area contributed by atoms with E-state index in [-0.39, 0.29) is 5.91 Å². The molecule has 0 spiro atoms. The smallest absolute Gasteiger partial charge is 0.222 e. The van der Waals surface area contributed by atoms with Crippen LogP contribution >= 0.6 is 0 Å². The summed E-state index contributed by atoms with van der Waals surface area (Å²) in [5.41, 5.74) is 1.64. The van der Waals surface area contributed by atoms with Gasteiger partial charge in [0.15, 0.2) is 0 Å². The zero-order valence-electron chi connectivity index (χ0n) is 11.9. The summed E-state index contributed by atoms with van der Waals surface area (Å²) in [4.78, 5) is 20.0. The second-order valence-corrected chi connectivity index (χ2v) is 5.00. The first-order chi connectivity index (χ1) is 9.74. The lowest BCUT2D eigenvalue weighted by atomic mass is 10.1. The van der Waals surface area contributed by atoms with Crippen molar-refractivity contribution in [1.82, 2.24) is 20.6 Å². The van der Waals surface area contributed by atoms with Gasteiger partial charge < -0.3 is 15.4 Å². The zero-order chi connectivity index (χ0) is 14.2. The van der Waals surface area contributed by atoms with Crippen molar-refractivity contribution >= 4 is 5.91 Å². The van der Waals surface area contributed by atoms with Crippen LogP contribution in [0.25, 0.3) is 0 Å². The van der Waals surface area contributed by atoms with E-state index in [4.69, 9.17) is 4.74 Å². The number of hydrogen-bond donors (Lipinski definition) is 2. The highest BCUT2D eigenvalue weighted by molar-refractivity contribution is 5.75. The normalized spacial score (nSPS) is 16.1. The number of aromatic nitrogens is 2. The molecule has 0 aromatic carbocycles. The number of amides is 1. The maximum atomic E-state index is 11.7. The first-order valence-electron chi connectivity index (χ1n) is 7.10. The van der Waals surface area contributed by atoms with Crippen molar-refractivity contribution < 1.29 is 9.53 Å². The molecule has 1 aromatic rings. The molecule has 2 N–H and O–H groups in total. The Kier molecular flexibility index (Phi) is 5.88. The van der Waals surface area contributed by atoms with Crippen molar-refractivity contribution in [2.75, 3.05) is 19.7 Å². The molecule has 6 nitrogen and oxygen atoms in total. The molecule has 1 saturated heterocycles. The fourth-order valence-corrected chi connectivity index (χ4v) is 2.07. The number of aryl methyl sites for hydroxylation is 1. The highest BCUT2D eigenvalue weighted by atomic mass is 16.5. The predicted molar refractivity (Wildman–Crippen MR) is 75.1 cm³/mol. The summed E-state index contributed by atoms with van der Waals surface area (Å²) in [6.45, 7) is 4.79. The summed E-state index contributed by atoms with van der Waals surface area (Å²) in [7, 11) is 0. The number of piperidine rings is 1. The fourth-order valence-electron chi connectivity index (χ4n) is 2.07. The minimum absolute atomic E-state index is 0.0127. The van der Waals surface area contributed by atoms with Crippen LogP contribution in [-0.2, 0) is 16.1 Å². The van der Waals surface area contributed by atoms with Gasteiger partial charge >= 0.3 is 0 Å². The molecule has 1 aliphatic rings. The Bertz CT molecular complexity index is 416. The van der Waals surface area contributed by atoms with Gasteiger partial charge in [0.2, 0.25) is 5.91 Å². The first kappa shape index (κ1) is 14.9. The van der Waals surface area contributed by atoms with Crippen molar-refractivity contribution in [3.05, 3.63) is 23.8 Å². The largest absolute Gasteiger partial charge is 0.378 e. The van der Waals surface area contributed by atoms with Gasteiger partial charge in [0.25, 0.3) is 0 Å². The quantitative estimate of drug-likeness (QED) is 0.795. The Balaban J connectivity index is 1.59. The highest BCUT2D eigenvalue weighted by Crippen LogP contribution is 2.07. The molecule has 2 rings (SSSR count). The SMILES string of the molecule is Cc1cnc(CNC(=O)CCOC2CCNCC2)cn1. The summed E-state index contributed by atoms with van der Waals surface area (Å²) in [5.74, 6) is -0.0127. The minimum Gasteiger partial charge on any atom is -0.378 e. The predicted octanol–water partition coefficient (Wildman–Crippen LogP) is 0.560. The number of carbonyl (C=O) groups excluding carboxylic acids is 1. The Hall–Kier alpha value is -1.53. The molecule has 6 heteroatoms. The van der Waals surface area contributed by atoms with Crippen LogP contribution in [0.2, 0.25) is 0 Å². The van der Waals surface area contributed by atoms with E-state index in [1.807, 2.05) is 6.92 Å². The monoisotopic (exact) mass is 278 g/mol. The lowest BCUT2D eigenvalue weighted by molar-refractivity contribution is -0.122. The third-order valence-electron chi connectivity index (χ3n) is 3.27. The minimum atomic E-state index is -0.0127. The van der Waals surface area contributed by atoms with Gasteiger partial charge in [-0.15, -0.1) is 0 Å². The molecule has 0 bridgehead atoms. The van der Waals surface area contributed by atoms with Crippen LogP contribution in [0, 0.1) is 6.92 Å². The number of nitrogens with zero attached hydrogens (tertiary/aromatic N) is 2. The van der Waals surface area contributed by atoms with Crippen molar-refractivity contribution in [1.29, 1.82) is 0 Å². The molecule has 1 aliphatic heterocycles. The molecule has 0 atom stereocenters. The summed E-state index contributed by atoms with van der Waals surface area (Å²) in [5, 5.41) is 6.11. The van der Waals surface area contributed by atoms with Crippen LogP contribution < -0.4 is 10.6 Å². The van der Waals surface area contributed by atoms with E-state index in [0.717, 1.165) is 37.3 Å². The molecule has 1 amide bonds. The van der Waals surface area contributed by atoms with E-state index in [9.17, 15) is 4.79 Å². The Morgan fingerprint density at radius 2 is 2.20 bits per heavy atom. The van der Waals surface area contributed by atoms with Crippen molar-refractivity contribution in [2.45, 2.75) is 38.8 Å². The Labute approximate surface area is 119 Å². The van der Waals surface area contributed by atoms with Gasteiger partial charge in [0, 0.05) is 12.6 Å². The molecule has 0 radical (unpaired) electrons. The highest BCUT2D eigenvalue weighted by Gasteiger charge is 2.13. The maximum Gasteiger partial charge on any atom is 0.222 e. The first-order valence-corrected chi connectivity index (χ1v) is 7.10. The average molecular weight is 278 g/mol. The van der Waals surface area contributed by atoms with E-state index in [2.05, 4.69) is 20.6 Å². The van der Waals surface area contributed by atoms with Crippen LogP contribution in [0.15, 0.2) is 12.4 Å². The summed E-state index contributed by atoms with van der Waals surface area (Å²) in [6, 6.07) is 0. The van der Waals surface area contributed by atoms with Crippen molar-refractivity contribution in [2.24, 2.45) is 0 Å². The Morgan fingerprint density at radius 1 is 1.40 bits per heavy atom. The van der Waals surface area contributed by atoms with Crippen molar-refractivity contribution in [3.63, 3.8) is 0 Å². The van der Waals surface area contributed by atoms with Crippen LogP contribution in [0.5, 0.6) is 0 Å². The van der Waals surface area contributed by atoms with Gasteiger partial charge in [-0.2, -0.15) is 0 Å². The van der Waals surface area contributed by atoms with E-state index in [0.29, 0.717) is 25.7 Å². The number of ether oxygens (including phenoxy) is 1. The van der Waals surface area contributed by atoms with Crippen LogP contribution in [0.3, 0.4) is 0 Å². The van der Waals surface area contributed by atoms with E-state index in [1.165, 1.54) is 0 Å². The van der Waals surface area contributed by atoms with Gasteiger partial charge in [-0.25, -0.2) is 0 Å². The second-order valence-electron chi connectivity index (χ2n) is 5.00. The van der Waals surface area contributed by atoms with Crippen molar-refractivity contribution in [3.8, 4) is 0 Å². The Morgan fingerprint density at radius 3 is 2.90 bits per heavy atom. The number of rotatable bonds is 6. The second kappa shape index (κ2) is 7.91. The zero-order valence-corrected chi connectivity index (χ0v) is 11.9. The molecular weight excluding hydrogens is 256 g/mol. The van der Waals surface area contributed by atoms with Gasteiger partial charge in [-0.1, -0.05) is 0 Å². The summed E-state index contributed by atoms with van der Waals surface area (Å²) < 4.78 is 5.69.